The number of carbonyl (C=O) groups is 1. The SMILES string of the molecule is CCOC(=O)c1c(C)[nH]c(C(C)=NNc2ccc(S(=O)(=O)N3CCOCC3)cc2[N+](=O)[O-])c1C. The number of aromatic nitrogens is 1. The first-order valence-corrected chi connectivity index (χ1v) is 12.0. The van der Waals surface area contributed by atoms with Crippen molar-refractivity contribution in [3.05, 3.63) is 50.8 Å². The van der Waals surface area contributed by atoms with E-state index in [1.165, 1.54) is 16.4 Å². The predicted octanol–water partition coefficient (Wildman–Crippen LogP) is 2.57. The van der Waals surface area contributed by atoms with Crippen molar-refractivity contribution in [3.63, 3.8) is 0 Å². The normalized spacial score (nSPS) is 15.2. The molecule has 0 saturated carbocycles. The molecule has 1 fully saturated rings. The van der Waals surface area contributed by atoms with Gasteiger partial charge in [0, 0.05) is 24.8 Å². The fraction of sp³-hybridized carbons (Fsp3) is 0.429. The zero-order valence-electron chi connectivity index (χ0n) is 19.4. The molecule has 2 N–H and O–H groups in total. The summed E-state index contributed by atoms with van der Waals surface area (Å²) in [6.45, 7) is 8.02. The van der Waals surface area contributed by atoms with Crippen LogP contribution >= 0.6 is 0 Å². The van der Waals surface area contributed by atoms with Crippen LogP contribution in [0.5, 0.6) is 0 Å². The molecule has 2 heterocycles. The van der Waals surface area contributed by atoms with Crippen molar-refractivity contribution in [1.82, 2.24) is 9.29 Å². The van der Waals surface area contributed by atoms with E-state index in [2.05, 4.69) is 15.5 Å². The highest BCUT2D eigenvalue weighted by molar-refractivity contribution is 7.89. The van der Waals surface area contributed by atoms with Crippen LogP contribution in [0.25, 0.3) is 0 Å². The van der Waals surface area contributed by atoms with Gasteiger partial charge in [0.2, 0.25) is 10.0 Å². The van der Waals surface area contributed by atoms with Crippen LogP contribution in [0.15, 0.2) is 28.2 Å². The maximum absolute atomic E-state index is 12.9. The molecule has 3 rings (SSSR count). The zero-order chi connectivity index (χ0) is 25.0. The second-order valence-corrected chi connectivity index (χ2v) is 9.54. The summed E-state index contributed by atoms with van der Waals surface area (Å²) in [5, 5.41) is 15.9. The number of sulfonamides is 1. The van der Waals surface area contributed by atoms with E-state index < -0.39 is 26.6 Å². The van der Waals surface area contributed by atoms with E-state index in [9.17, 15) is 23.3 Å². The number of H-pyrrole nitrogens is 1. The Bertz CT molecular complexity index is 1230. The van der Waals surface area contributed by atoms with Gasteiger partial charge in [-0.1, -0.05) is 0 Å². The largest absolute Gasteiger partial charge is 0.462 e. The van der Waals surface area contributed by atoms with Crippen molar-refractivity contribution < 1.29 is 27.6 Å². The number of rotatable bonds is 8. The Labute approximate surface area is 197 Å². The number of ether oxygens (including phenoxy) is 2. The molecule has 0 unspecified atom stereocenters. The summed E-state index contributed by atoms with van der Waals surface area (Å²) in [6.07, 6.45) is 0. The number of aryl methyl sites for hydroxylation is 1. The monoisotopic (exact) mass is 493 g/mol. The fourth-order valence-electron chi connectivity index (χ4n) is 3.67. The highest BCUT2D eigenvalue weighted by atomic mass is 32.2. The molecule has 2 aromatic rings. The second-order valence-electron chi connectivity index (χ2n) is 7.61. The molecule has 1 aliphatic heterocycles. The molecule has 13 heteroatoms. The van der Waals surface area contributed by atoms with Gasteiger partial charge in [0.05, 0.1) is 46.6 Å². The van der Waals surface area contributed by atoms with Crippen molar-refractivity contribution in [3.8, 4) is 0 Å². The minimum absolute atomic E-state index is 0.0248. The lowest BCUT2D eigenvalue weighted by molar-refractivity contribution is -0.384. The standard InChI is InChI=1S/C21H27N5O7S/c1-5-33-21(27)19-13(2)20(22-14(19)3)15(4)23-24-17-7-6-16(12-18(17)26(28)29)34(30,31)25-8-10-32-11-9-25/h6-7,12,22,24H,5,8-11H2,1-4H3. The molecule has 0 aliphatic carbocycles. The molecule has 0 atom stereocenters. The summed E-state index contributed by atoms with van der Waals surface area (Å²) < 4.78 is 37.2. The van der Waals surface area contributed by atoms with E-state index in [4.69, 9.17) is 9.47 Å². The fourth-order valence-corrected chi connectivity index (χ4v) is 5.10. The van der Waals surface area contributed by atoms with Crippen LogP contribution in [0.2, 0.25) is 0 Å². The van der Waals surface area contributed by atoms with Crippen LogP contribution in [-0.4, -0.2) is 67.2 Å². The summed E-state index contributed by atoms with van der Waals surface area (Å²) >= 11 is 0. The number of hydrogen-bond acceptors (Lipinski definition) is 9. The number of nitro benzene ring substituents is 1. The van der Waals surface area contributed by atoms with Gasteiger partial charge in [-0.05, 0) is 45.4 Å². The van der Waals surface area contributed by atoms with Gasteiger partial charge in [-0.3, -0.25) is 15.5 Å². The van der Waals surface area contributed by atoms with E-state index in [0.717, 1.165) is 6.07 Å². The van der Waals surface area contributed by atoms with E-state index in [1.807, 2.05) is 0 Å². The van der Waals surface area contributed by atoms with E-state index in [1.54, 1.807) is 27.7 Å². The van der Waals surface area contributed by atoms with Crippen LogP contribution in [0.4, 0.5) is 11.4 Å². The molecule has 1 aromatic heterocycles. The van der Waals surface area contributed by atoms with Crippen molar-refractivity contribution in [1.29, 1.82) is 0 Å². The Morgan fingerprint density at radius 1 is 1.32 bits per heavy atom. The molecule has 0 amide bonds. The third-order valence-corrected chi connectivity index (χ3v) is 7.29. The van der Waals surface area contributed by atoms with Gasteiger partial charge >= 0.3 is 5.97 Å². The number of carbonyl (C=O) groups excluding carboxylic acids is 1. The first-order chi connectivity index (χ1) is 16.1. The van der Waals surface area contributed by atoms with Crippen molar-refractivity contribution >= 4 is 33.1 Å². The summed E-state index contributed by atoms with van der Waals surface area (Å²) in [4.78, 5) is 26.1. The number of nitrogens with one attached hydrogen (secondary N) is 2. The molecular formula is C21H27N5O7S. The highest BCUT2D eigenvalue weighted by Gasteiger charge is 2.29. The number of nitro groups is 1. The Morgan fingerprint density at radius 2 is 2.00 bits per heavy atom. The van der Waals surface area contributed by atoms with Gasteiger partial charge in [-0.25, -0.2) is 13.2 Å². The van der Waals surface area contributed by atoms with Gasteiger partial charge < -0.3 is 14.5 Å². The van der Waals surface area contributed by atoms with Crippen LogP contribution in [0.3, 0.4) is 0 Å². The average molecular weight is 494 g/mol. The Kier molecular flexibility index (Phi) is 7.69. The molecule has 1 saturated heterocycles. The molecule has 0 bridgehead atoms. The number of nitrogens with zero attached hydrogens (tertiary/aromatic N) is 3. The maximum atomic E-state index is 12.9. The number of morpholine rings is 1. The quantitative estimate of drug-likeness (QED) is 0.246. The third-order valence-electron chi connectivity index (χ3n) is 5.40. The summed E-state index contributed by atoms with van der Waals surface area (Å²) in [5.74, 6) is -0.450. The Balaban J connectivity index is 1.89. The number of aromatic amines is 1. The molecule has 1 aliphatic rings. The molecule has 1 aromatic carbocycles. The van der Waals surface area contributed by atoms with Gasteiger partial charge in [0.25, 0.3) is 5.69 Å². The van der Waals surface area contributed by atoms with E-state index >= 15 is 0 Å². The molecule has 184 valence electrons. The maximum Gasteiger partial charge on any atom is 0.340 e. The van der Waals surface area contributed by atoms with Crippen molar-refractivity contribution in [2.24, 2.45) is 5.10 Å². The molecule has 12 nitrogen and oxygen atoms in total. The zero-order valence-corrected chi connectivity index (χ0v) is 20.2. The first kappa shape index (κ1) is 25.3. The number of hydrazone groups is 1. The Morgan fingerprint density at radius 3 is 2.62 bits per heavy atom. The third kappa shape index (κ3) is 5.11. The molecule has 0 radical (unpaired) electrons. The van der Waals surface area contributed by atoms with Gasteiger partial charge in [-0.2, -0.15) is 9.41 Å². The minimum atomic E-state index is -3.89. The second kappa shape index (κ2) is 10.3. The summed E-state index contributed by atoms with van der Waals surface area (Å²) in [7, 11) is -3.89. The van der Waals surface area contributed by atoms with Crippen molar-refractivity contribution in [2.75, 3.05) is 38.3 Å². The van der Waals surface area contributed by atoms with E-state index in [0.29, 0.717) is 28.2 Å². The van der Waals surface area contributed by atoms with Crippen LogP contribution in [0, 0.1) is 24.0 Å². The minimum Gasteiger partial charge on any atom is -0.462 e. The first-order valence-electron chi connectivity index (χ1n) is 10.6. The Hall–Kier alpha value is -3.29. The predicted molar refractivity (Wildman–Crippen MR) is 125 cm³/mol. The number of anilines is 1. The van der Waals surface area contributed by atoms with Crippen LogP contribution in [0.1, 0.15) is 41.2 Å². The van der Waals surface area contributed by atoms with E-state index in [-0.39, 0.29) is 43.5 Å². The van der Waals surface area contributed by atoms with Crippen LogP contribution < -0.4 is 5.43 Å². The topological polar surface area (TPSA) is 156 Å². The van der Waals surface area contributed by atoms with Gasteiger partial charge in [0.15, 0.2) is 0 Å². The lowest BCUT2D eigenvalue weighted by atomic mass is 10.1. The highest BCUT2D eigenvalue weighted by Crippen LogP contribution is 2.29. The summed E-state index contributed by atoms with van der Waals surface area (Å²) in [5.41, 5.74) is 4.91. The van der Waals surface area contributed by atoms with Crippen LogP contribution in [-0.2, 0) is 19.5 Å². The molecule has 34 heavy (non-hydrogen) atoms. The summed E-state index contributed by atoms with van der Waals surface area (Å²) in [6, 6.07) is 3.62. The number of hydrogen-bond donors (Lipinski definition) is 2. The van der Waals surface area contributed by atoms with Gasteiger partial charge in [-0.15, -0.1) is 0 Å². The van der Waals surface area contributed by atoms with Crippen molar-refractivity contribution in [2.45, 2.75) is 32.6 Å². The average Bonchev–Trinajstić information content (AvgIpc) is 3.11. The lowest BCUT2D eigenvalue weighted by Crippen LogP contribution is -2.40. The van der Waals surface area contributed by atoms with Gasteiger partial charge in [0.1, 0.15) is 5.69 Å². The lowest BCUT2D eigenvalue weighted by Gasteiger charge is -2.26. The molecular weight excluding hydrogens is 466 g/mol. The number of esters is 1. The molecule has 0 spiro atoms. The number of benzene rings is 1. The smallest absolute Gasteiger partial charge is 0.340 e.